The fourth-order valence-electron chi connectivity index (χ4n) is 2.57. The Morgan fingerprint density at radius 1 is 1.09 bits per heavy atom. The smallest absolute Gasteiger partial charge is 0.180 e. The Bertz CT molecular complexity index is 766. The molecule has 0 saturated carbocycles. The summed E-state index contributed by atoms with van der Waals surface area (Å²) in [6.45, 7) is 2.14. The second-order valence-electron chi connectivity index (χ2n) is 5.20. The van der Waals surface area contributed by atoms with Gasteiger partial charge >= 0.3 is 0 Å². The summed E-state index contributed by atoms with van der Waals surface area (Å²) in [4.78, 5) is 2.50. The number of sulfone groups is 1. The molecule has 0 aliphatic carbocycles. The summed E-state index contributed by atoms with van der Waals surface area (Å²) in [6, 6.07) is 14.8. The summed E-state index contributed by atoms with van der Waals surface area (Å²) in [5, 5.41) is 3.33. The molecule has 1 aliphatic heterocycles. The molecule has 2 aromatic rings. The number of nitrogens with zero attached hydrogens (tertiary/aromatic N) is 1. The lowest BCUT2D eigenvalue weighted by Gasteiger charge is -2.31. The van der Waals surface area contributed by atoms with Crippen LogP contribution in [0.15, 0.2) is 57.9 Å². The molecule has 0 unspecified atom stereocenters. The van der Waals surface area contributed by atoms with E-state index in [-0.39, 0.29) is 18.2 Å². The summed E-state index contributed by atoms with van der Waals surface area (Å²) < 4.78 is 25.8. The number of benzene rings is 2. The van der Waals surface area contributed by atoms with Gasteiger partial charge in [-0.15, -0.1) is 12.4 Å². The molecule has 0 aromatic heterocycles. The van der Waals surface area contributed by atoms with E-state index in [4.69, 9.17) is 0 Å². The van der Waals surface area contributed by atoms with E-state index in [0.717, 1.165) is 28.9 Å². The minimum absolute atomic E-state index is 0. The minimum atomic E-state index is -3.26. The van der Waals surface area contributed by atoms with Gasteiger partial charge in [-0.05, 0) is 36.4 Å². The standard InChI is InChI=1S/C16H17BrN2O2S.ClH/c17-13-5-7-14(8-6-13)22(20,21)12-11-19-10-9-18-15-3-1-2-4-16(15)19;/h1-8,18H,9-12H2;1H. The number of para-hydroxylation sites is 2. The highest BCUT2D eigenvalue weighted by atomic mass is 79.9. The third kappa shape index (κ3) is 4.19. The van der Waals surface area contributed by atoms with Crippen LogP contribution >= 0.6 is 28.3 Å². The summed E-state index contributed by atoms with van der Waals surface area (Å²) in [5.41, 5.74) is 2.13. The molecule has 23 heavy (non-hydrogen) atoms. The van der Waals surface area contributed by atoms with Crippen molar-refractivity contribution in [2.75, 3.05) is 35.6 Å². The molecular formula is C16H18BrClN2O2S. The van der Waals surface area contributed by atoms with Crippen molar-refractivity contribution in [2.24, 2.45) is 0 Å². The Labute approximate surface area is 151 Å². The molecular weight excluding hydrogens is 400 g/mol. The Kier molecular flexibility index (Phi) is 5.95. The van der Waals surface area contributed by atoms with E-state index in [9.17, 15) is 8.42 Å². The molecule has 0 bridgehead atoms. The second-order valence-corrected chi connectivity index (χ2v) is 8.23. The third-order valence-electron chi connectivity index (χ3n) is 3.74. The lowest BCUT2D eigenvalue weighted by atomic mass is 10.2. The van der Waals surface area contributed by atoms with Crippen LogP contribution < -0.4 is 10.2 Å². The lowest BCUT2D eigenvalue weighted by molar-refractivity contribution is 0.594. The van der Waals surface area contributed by atoms with Gasteiger partial charge in [0.05, 0.1) is 22.0 Å². The molecule has 0 spiro atoms. The summed E-state index contributed by atoms with van der Waals surface area (Å²) in [7, 11) is -3.26. The fourth-order valence-corrected chi connectivity index (χ4v) is 4.08. The van der Waals surface area contributed by atoms with Crippen LogP contribution in [-0.4, -0.2) is 33.8 Å². The summed E-state index contributed by atoms with van der Waals surface area (Å²) in [6.07, 6.45) is 0. The molecule has 7 heteroatoms. The predicted molar refractivity (Wildman–Crippen MR) is 101 cm³/mol. The maximum atomic E-state index is 12.4. The number of halogens is 2. The van der Waals surface area contributed by atoms with E-state index >= 15 is 0 Å². The van der Waals surface area contributed by atoms with Gasteiger partial charge in [-0.2, -0.15) is 0 Å². The van der Waals surface area contributed by atoms with E-state index < -0.39 is 9.84 Å². The maximum Gasteiger partial charge on any atom is 0.180 e. The quantitative estimate of drug-likeness (QED) is 0.826. The van der Waals surface area contributed by atoms with Crippen molar-refractivity contribution >= 4 is 49.5 Å². The zero-order chi connectivity index (χ0) is 15.6. The van der Waals surface area contributed by atoms with Gasteiger partial charge < -0.3 is 10.2 Å². The lowest BCUT2D eigenvalue weighted by Crippen LogP contribution is -2.37. The average molecular weight is 418 g/mol. The largest absolute Gasteiger partial charge is 0.382 e. The SMILES string of the molecule is Cl.O=S(=O)(CCN1CCNc2ccccc21)c1ccc(Br)cc1. The first-order valence-corrected chi connectivity index (χ1v) is 9.57. The van der Waals surface area contributed by atoms with Gasteiger partial charge in [0, 0.05) is 24.1 Å². The topological polar surface area (TPSA) is 49.4 Å². The molecule has 3 rings (SSSR count). The van der Waals surface area contributed by atoms with Gasteiger partial charge in [0.1, 0.15) is 0 Å². The number of rotatable bonds is 4. The monoisotopic (exact) mass is 416 g/mol. The molecule has 0 fully saturated rings. The Hall–Kier alpha value is -1.24. The van der Waals surface area contributed by atoms with Crippen LogP contribution in [-0.2, 0) is 9.84 Å². The predicted octanol–water partition coefficient (Wildman–Crippen LogP) is 3.58. The molecule has 124 valence electrons. The Balaban J connectivity index is 0.00000192. The highest BCUT2D eigenvalue weighted by molar-refractivity contribution is 9.10. The van der Waals surface area contributed by atoms with Crippen LogP contribution in [0.5, 0.6) is 0 Å². The van der Waals surface area contributed by atoms with Crippen molar-refractivity contribution in [3.8, 4) is 0 Å². The van der Waals surface area contributed by atoms with Gasteiger partial charge in [0.2, 0.25) is 0 Å². The molecule has 0 radical (unpaired) electrons. The molecule has 1 aliphatic rings. The van der Waals surface area contributed by atoms with Crippen molar-refractivity contribution in [3.05, 3.63) is 53.0 Å². The first-order valence-electron chi connectivity index (χ1n) is 7.12. The van der Waals surface area contributed by atoms with E-state index in [1.807, 2.05) is 24.3 Å². The van der Waals surface area contributed by atoms with Gasteiger partial charge in [-0.25, -0.2) is 8.42 Å². The number of fused-ring (bicyclic) bond motifs is 1. The zero-order valence-electron chi connectivity index (χ0n) is 12.4. The minimum Gasteiger partial charge on any atom is -0.382 e. The van der Waals surface area contributed by atoms with E-state index in [1.54, 1.807) is 24.3 Å². The van der Waals surface area contributed by atoms with Crippen molar-refractivity contribution in [1.82, 2.24) is 0 Å². The molecule has 0 atom stereocenters. The first-order chi connectivity index (χ1) is 10.6. The van der Waals surface area contributed by atoms with E-state index in [1.165, 1.54) is 0 Å². The maximum absolute atomic E-state index is 12.4. The van der Waals surface area contributed by atoms with Crippen LogP contribution in [0.25, 0.3) is 0 Å². The fraction of sp³-hybridized carbons (Fsp3) is 0.250. The zero-order valence-corrected chi connectivity index (χ0v) is 15.6. The van der Waals surface area contributed by atoms with Crippen LogP contribution in [0.1, 0.15) is 0 Å². The van der Waals surface area contributed by atoms with Crippen molar-refractivity contribution < 1.29 is 8.42 Å². The highest BCUT2D eigenvalue weighted by Gasteiger charge is 2.20. The molecule has 1 N–H and O–H groups in total. The van der Waals surface area contributed by atoms with Crippen molar-refractivity contribution in [3.63, 3.8) is 0 Å². The Morgan fingerprint density at radius 3 is 2.52 bits per heavy atom. The third-order valence-corrected chi connectivity index (χ3v) is 5.98. The molecule has 0 saturated heterocycles. The van der Waals surface area contributed by atoms with E-state index in [0.29, 0.717) is 11.4 Å². The normalized spacial score (nSPS) is 13.7. The van der Waals surface area contributed by atoms with Crippen molar-refractivity contribution in [1.29, 1.82) is 0 Å². The van der Waals surface area contributed by atoms with E-state index in [2.05, 4.69) is 26.1 Å². The highest BCUT2D eigenvalue weighted by Crippen LogP contribution is 2.28. The van der Waals surface area contributed by atoms with Gasteiger partial charge in [-0.1, -0.05) is 28.1 Å². The molecule has 2 aromatic carbocycles. The van der Waals surface area contributed by atoms with Gasteiger partial charge in [-0.3, -0.25) is 0 Å². The number of anilines is 2. The van der Waals surface area contributed by atoms with Crippen LogP contribution in [0, 0.1) is 0 Å². The second kappa shape index (κ2) is 7.55. The van der Waals surface area contributed by atoms with Crippen LogP contribution in [0.4, 0.5) is 11.4 Å². The summed E-state index contributed by atoms with van der Waals surface area (Å²) in [5.74, 6) is 0.114. The van der Waals surface area contributed by atoms with Crippen LogP contribution in [0.3, 0.4) is 0 Å². The van der Waals surface area contributed by atoms with Gasteiger partial charge in [0.25, 0.3) is 0 Å². The molecule has 1 heterocycles. The number of hydrogen-bond acceptors (Lipinski definition) is 4. The number of hydrogen-bond donors (Lipinski definition) is 1. The molecule has 4 nitrogen and oxygen atoms in total. The summed E-state index contributed by atoms with van der Waals surface area (Å²) >= 11 is 3.32. The first kappa shape index (κ1) is 18.1. The Morgan fingerprint density at radius 2 is 1.78 bits per heavy atom. The van der Waals surface area contributed by atoms with Crippen molar-refractivity contribution in [2.45, 2.75) is 4.90 Å². The number of nitrogens with one attached hydrogen (secondary N) is 1. The molecule has 0 amide bonds. The van der Waals surface area contributed by atoms with Crippen LogP contribution in [0.2, 0.25) is 0 Å². The average Bonchev–Trinajstić information content (AvgIpc) is 2.53. The van der Waals surface area contributed by atoms with Gasteiger partial charge in [0.15, 0.2) is 9.84 Å².